The number of rotatable bonds is 7. The van der Waals surface area contributed by atoms with Crippen molar-refractivity contribution < 1.29 is 9.53 Å². The highest BCUT2D eigenvalue weighted by molar-refractivity contribution is 5.92. The van der Waals surface area contributed by atoms with Gasteiger partial charge in [-0.1, -0.05) is 25.0 Å². The zero-order valence-corrected chi connectivity index (χ0v) is 14.5. The van der Waals surface area contributed by atoms with E-state index in [-0.39, 0.29) is 11.9 Å². The SMILES string of the molecule is COc1ccc(CCNc2nccc(C(=O)NC3CCCC3)n2)cc1. The van der Waals surface area contributed by atoms with Crippen LogP contribution in [0.1, 0.15) is 41.7 Å². The number of carbonyl (C=O) groups is 1. The summed E-state index contributed by atoms with van der Waals surface area (Å²) in [5, 5.41) is 6.22. The van der Waals surface area contributed by atoms with Crippen LogP contribution >= 0.6 is 0 Å². The molecule has 2 aromatic rings. The van der Waals surface area contributed by atoms with Crippen LogP contribution in [-0.2, 0) is 6.42 Å². The summed E-state index contributed by atoms with van der Waals surface area (Å²) in [6.45, 7) is 0.694. The second-order valence-corrected chi connectivity index (χ2v) is 6.25. The first-order valence-corrected chi connectivity index (χ1v) is 8.75. The Hall–Kier alpha value is -2.63. The number of nitrogens with zero attached hydrogens (tertiary/aromatic N) is 2. The minimum absolute atomic E-state index is 0.118. The van der Waals surface area contributed by atoms with E-state index in [9.17, 15) is 4.79 Å². The fourth-order valence-corrected chi connectivity index (χ4v) is 3.01. The van der Waals surface area contributed by atoms with Gasteiger partial charge in [0.15, 0.2) is 0 Å². The predicted octanol–water partition coefficient (Wildman–Crippen LogP) is 2.81. The number of anilines is 1. The van der Waals surface area contributed by atoms with Crippen molar-refractivity contribution in [3.8, 4) is 5.75 Å². The molecule has 0 aliphatic heterocycles. The molecule has 0 atom stereocenters. The highest BCUT2D eigenvalue weighted by Crippen LogP contribution is 2.18. The van der Waals surface area contributed by atoms with Crippen molar-refractivity contribution in [2.45, 2.75) is 38.1 Å². The Kier molecular flexibility index (Phi) is 5.82. The summed E-state index contributed by atoms with van der Waals surface area (Å²) >= 11 is 0. The molecule has 1 aromatic heterocycles. The summed E-state index contributed by atoms with van der Waals surface area (Å²) in [7, 11) is 1.66. The van der Waals surface area contributed by atoms with Crippen LogP contribution in [0.15, 0.2) is 36.5 Å². The normalized spacial score (nSPS) is 14.3. The highest BCUT2D eigenvalue weighted by Gasteiger charge is 2.18. The first kappa shape index (κ1) is 17.2. The van der Waals surface area contributed by atoms with E-state index in [1.165, 1.54) is 18.4 Å². The van der Waals surface area contributed by atoms with Gasteiger partial charge in [-0.05, 0) is 43.0 Å². The first-order chi connectivity index (χ1) is 12.2. The van der Waals surface area contributed by atoms with Crippen LogP contribution in [0.25, 0.3) is 0 Å². The zero-order chi connectivity index (χ0) is 17.5. The van der Waals surface area contributed by atoms with Gasteiger partial charge in [0.1, 0.15) is 11.4 Å². The maximum atomic E-state index is 12.3. The van der Waals surface area contributed by atoms with Crippen molar-refractivity contribution in [1.82, 2.24) is 15.3 Å². The Labute approximate surface area is 148 Å². The maximum Gasteiger partial charge on any atom is 0.270 e. The molecule has 1 fully saturated rings. The summed E-state index contributed by atoms with van der Waals surface area (Å²) in [5.74, 6) is 1.21. The molecule has 1 heterocycles. The summed E-state index contributed by atoms with van der Waals surface area (Å²) in [6.07, 6.45) is 6.95. The van der Waals surface area contributed by atoms with Gasteiger partial charge in [-0.2, -0.15) is 0 Å². The van der Waals surface area contributed by atoms with Crippen LogP contribution in [0, 0.1) is 0 Å². The molecule has 0 unspecified atom stereocenters. The van der Waals surface area contributed by atoms with E-state index in [1.807, 2.05) is 24.3 Å². The largest absolute Gasteiger partial charge is 0.497 e. The van der Waals surface area contributed by atoms with E-state index in [0.717, 1.165) is 25.0 Å². The molecular weight excluding hydrogens is 316 g/mol. The molecule has 1 aliphatic carbocycles. The quantitative estimate of drug-likeness (QED) is 0.810. The summed E-state index contributed by atoms with van der Waals surface area (Å²) in [5.41, 5.74) is 1.61. The van der Waals surface area contributed by atoms with Gasteiger partial charge >= 0.3 is 0 Å². The average Bonchev–Trinajstić information content (AvgIpc) is 3.15. The average molecular weight is 340 g/mol. The van der Waals surface area contributed by atoms with E-state index in [1.54, 1.807) is 19.4 Å². The standard InChI is InChI=1S/C19H24N4O2/c1-25-16-8-6-14(7-9-16)10-12-20-19-21-13-11-17(23-19)18(24)22-15-4-2-3-5-15/h6-9,11,13,15H,2-5,10,12H2,1H3,(H,22,24)(H,20,21,23). The number of carbonyl (C=O) groups excluding carboxylic acids is 1. The Morgan fingerprint density at radius 1 is 1.20 bits per heavy atom. The first-order valence-electron chi connectivity index (χ1n) is 8.75. The smallest absolute Gasteiger partial charge is 0.270 e. The third-order valence-electron chi connectivity index (χ3n) is 4.43. The Morgan fingerprint density at radius 2 is 1.96 bits per heavy atom. The molecule has 0 bridgehead atoms. The van der Waals surface area contributed by atoms with E-state index >= 15 is 0 Å². The predicted molar refractivity (Wildman–Crippen MR) is 96.9 cm³/mol. The molecule has 0 saturated heterocycles. The van der Waals surface area contributed by atoms with Crippen LogP contribution in [0.3, 0.4) is 0 Å². The summed E-state index contributed by atoms with van der Waals surface area (Å²) in [4.78, 5) is 20.8. The van der Waals surface area contributed by atoms with Crippen molar-refractivity contribution in [3.63, 3.8) is 0 Å². The van der Waals surface area contributed by atoms with E-state index in [2.05, 4.69) is 20.6 Å². The third kappa shape index (κ3) is 4.92. The van der Waals surface area contributed by atoms with Gasteiger partial charge in [-0.25, -0.2) is 9.97 Å². The summed E-state index contributed by atoms with van der Waals surface area (Å²) in [6, 6.07) is 9.90. The number of ether oxygens (including phenoxy) is 1. The topological polar surface area (TPSA) is 76.1 Å². The maximum absolute atomic E-state index is 12.3. The van der Waals surface area contributed by atoms with Gasteiger partial charge in [0, 0.05) is 18.8 Å². The van der Waals surface area contributed by atoms with Crippen LogP contribution in [0.2, 0.25) is 0 Å². The van der Waals surface area contributed by atoms with Crippen molar-refractivity contribution >= 4 is 11.9 Å². The number of methoxy groups -OCH3 is 1. The summed E-state index contributed by atoms with van der Waals surface area (Å²) < 4.78 is 5.15. The fourth-order valence-electron chi connectivity index (χ4n) is 3.01. The highest BCUT2D eigenvalue weighted by atomic mass is 16.5. The minimum atomic E-state index is -0.118. The zero-order valence-electron chi connectivity index (χ0n) is 14.5. The minimum Gasteiger partial charge on any atom is -0.497 e. The van der Waals surface area contributed by atoms with Crippen molar-refractivity contribution in [2.75, 3.05) is 19.0 Å². The second kappa shape index (κ2) is 8.46. The number of nitrogens with one attached hydrogen (secondary N) is 2. The van der Waals surface area contributed by atoms with Crippen LogP contribution in [0.4, 0.5) is 5.95 Å². The molecule has 1 saturated carbocycles. The lowest BCUT2D eigenvalue weighted by Gasteiger charge is -2.12. The number of hydrogen-bond acceptors (Lipinski definition) is 5. The lowest BCUT2D eigenvalue weighted by atomic mass is 10.1. The molecule has 1 aliphatic rings. The van der Waals surface area contributed by atoms with Crippen LogP contribution in [-0.4, -0.2) is 35.6 Å². The molecule has 6 heteroatoms. The molecule has 0 spiro atoms. The monoisotopic (exact) mass is 340 g/mol. The lowest BCUT2D eigenvalue weighted by molar-refractivity contribution is 0.0933. The van der Waals surface area contributed by atoms with Crippen molar-refractivity contribution in [3.05, 3.63) is 47.8 Å². The van der Waals surface area contributed by atoms with E-state index in [0.29, 0.717) is 18.2 Å². The third-order valence-corrected chi connectivity index (χ3v) is 4.43. The molecule has 1 aromatic carbocycles. The van der Waals surface area contributed by atoms with Gasteiger partial charge in [-0.15, -0.1) is 0 Å². The molecule has 6 nitrogen and oxygen atoms in total. The molecule has 3 rings (SSSR count). The second-order valence-electron chi connectivity index (χ2n) is 6.25. The Morgan fingerprint density at radius 3 is 2.68 bits per heavy atom. The van der Waals surface area contributed by atoms with E-state index in [4.69, 9.17) is 4.74 Å². The molecule has 132 valence electrons. The van der Waals surface area contributed by atoms with Gasteiger partial charge in [0.25, 0.3) is 5.91 Å². The molecule has 0 radical (unpaired) electrons. The van der Waals surface area contributed by atoms with Crippen molar-refractivity contribution in [2.24, 2.45) is 0 Å². The fraction of sp³-hybridized carbons (Fsp3) is 0.421. The lowest BCUT2D eigenvalue weighted by Crippen LogP contribution is -2.33. The number of hydrogen-bond donors (Lipinski definition) is 2. The molecule has 25 heavy (non-hydrogen) atoms. The Balaban J connectivity index is 1.51. The Bertz CT molecular complexity index is 697. The van der Waals surface area contributed by atoms with Gasteiger partial charge < -0.3 is 15.4 Å². The van der Waals surface area contributed by atoms with Gasteiger partial charge in [0.05, 0.1) is 7.11 Å². The van der Waals surface area contributed by atoms with E-state index < -0.39 is 0 Å². The number of aromatic nitrogens is 2. The number of benzene rings is 1. The van der Waals surface area contributed by atoms with Gasteiger partial charge in [0.2, 0.25) is 5.95 Å². The van der Waals surface area contributed by atoms with Gasteiger partial charge in [-0.3, -0.25) is 4.79 Å². The van der Waals surface area contributed by atoms with Crippen molar-refractivity contribution in [1.29, 1.82) is 0 Å². The molecule has 2 N–H and O–H groups in total. The molecule has 1 amide bonds. The van der Waals surface area contributed by atoms with Crippen LogP contribution < -0.4 is 15.4 Å². The number of amides is 1. The van der Waals surface area contributed by atoms with Crippen LogP contribution in [0.5, 0.6) is 5.75 Å². The molecular formula is C19H24N4O2.